The number of ether oxygens (including phenoxy) is 1. The molecule has 0 fully saturated rings. The first-order valence-corrected chi connectivity index (χ1v) is 5.59. The molecule has 102 valence electrons. The fourth-order valence-corrected chi connectivity index (χ4v) is 1.14. The van der Waals surface area contributed by atoms with E-state index in [1.807, 2.05) is 20.8 Å². The number of nitrogens with one attached hydrogen (secondary N) is 1. The number of hydrogen-bond donors (Lipinski definition) is 1. The molecule has 0 spiro atoms. The highest BCUT2D eigenvalue weighted by Crippen LogP contribution is 2.15. The third-order valence-electron chi connectivity index (χ3n) is 2.14. The first kappa shape index (κ1) is 17.0. The van der Waals surface area contributed by atoms with Gasteiger partial charge in [-0.05, 0) is 45.0 Å². The zero-order valence-electron chi connectivity index (χ0n) is 10.9. The predicted molar refractivity (Wildman–Crippen MR) is 75.2 cm³/mol. The lowest BCUT2D eigenvalue weighted by molar-refractivity contribution is 0.0806. The van der Waals surface area contributed by atoms with Crippen molar-refractivity contribution in [1.82, 2.24) is 9.95 Å². The maximum Gasteiger partial charge on any atom is 0.266 e. The summed E-state index contributed by atoms with van der Waals surface area (Å²) in [5, 5.41) is 0. The highest BCUT2D eigenvalue weighted by Gasteiger charge is 2.21. The lowest BCUT2D eigenvalue weighted by Gasteiger charge is -2.28. The summed E-state index contributed by atoms with van der Waals surface area (Å²) < 4.78 is 6.28. The van der Waals surface area contributed by atoms with Crippen LogP contribution in [-0.4, -0.2) is 23.1 Å². The van der Waals surface area contributed by atoms with Crippen LogP contribution in [-0.2, 0) is 0 Å². The predicted octanol–water partition coefficient (Wildman–Crippen LogP) is 3.02. The Morgan fingerprint density at radius 3 is 2.17 bits per heavy atom. The second kappa shape index (κ2) is 6.83. The number of halogens is 2. The summed E-state index contributed by atoms with van der Waals surface area (Å²) in [6.45, 7) is 5.69. The van der Waals surface area contributed by atoms with Gasteiger partial charge < -0.3 is 4.74 Å². The monoisotopic (exact) mass is 292 g/mol. The first-order valence-electron chi connectivity index (χ1n) is 5.25. The number of amides is 1. The van der Waals surface area contributed by atoms with Gasteiger partial charge in [0.05, 0.1) is 7.11 Å². The minimum absolute atomic E-state index is 0. The Hall–Kier alpha value is -0.970. The number of methoxy groups -OCH3 is 1. The minimum Gasteiger partial charge on any atom is -0.497 e. The zero-order chi connectivity index (χ0) is 13.1. The molecule has 0 saturated heterocycles. The molecule has 0 aliphatic carbocycles. The summed E-state index contributed by atoms with van der Waals surface area (Å²) in [7, 11) is 1.58. The van der Waals surface area contributed by atoms with Gasteiger partial charge in [0.2, 0.25) is 0 Å². The summed E-state index contributed by atoms with van der Waals surface area (Å²) >= 11 is 5.94. The molecular formula is C12H18Cl2N2O2. The van der Waals surface area contributed by atoms with Gasteiger partial charge in [-0.2, -0.15) is 0 Å². The summed E-state index contributed by atoms with van der Waals surface area (Å²) in [6, 6.07) is 6.82. The van der Waals surface area contributed by atoms with E-state index in [4.69, 9.17) is 16.5 Å². The van der Waals surface area contributed by atoms with E-state index < -0.39 is 0 Å². The smallest absolute Gasteiger partial charge is 0.266 e. The van der Waals surface area contributed by atoms with Gasteiger partial charge in [0, 0.05) is 22.9 Å². The molecule has 0 saturated carbocycles. The van der Waals surface area contributed by atoms with Crippen LogP contribution < -0.4 is 10.2 Å². The summed E-state index contributed by atoms with van der Waals surface area (Å²) in [4.78, 5) is 11.8. The Kier molecular flexibility index (Phi) is 6.46. The molecule has 1 N–H and O–H groups in total. The zero-order valence-corrected chi connectivity index (χ0v) is 12.4. The van der Waals surface area contributed by atoms with E-state index in [-0.39, 0.29) is 23.9 Å². The van der Waals surface area contributed by atoms with E-state index in [0.717, 1.165) is 0 Å². The number of rotatable bonds is 3. The molecule has 1 aromatic carbocycles. The van der Waals surface area contributed by atoms with Crippen molar-refractivity contribution in [2.24, 2.45) is 0 Å². The summed E-state index contributed by atoms with van der Waals surface area (Å²) in [5.41, 5.74) is 2.78. The molecule has 0 bridgehead atoms. The second-order valence-electron chi connectivity index (χ2n) is 4.62. The number of hydrogen-bond acceptors (Lipinski definition) is 3. The van der Waals surface area contributed by atoms with E-state index >= 15 is 0 Å². The van der Waals surface area contributed by atoms with Crippen molar-refractivity contribution in [3.63, 3.8) is 0 Å². The Labute approximate surface area is 119 Å². The molecule has 0 heterocycles. The lowest BCUT2D eigenvalue weighted by atomic mass is 10.1. The van der Waals surface area contributed by atoms with Crippen molar-refractivity contribution in [3.05, 3.63) is 29.8 Å². The second-order valence-corrected chi connectivity index (χ2v) is 4.96. The van der Waals surface area contributed by atoms with Crippen LogP contribution in [0.15, 0.2) is 24.3 Å². The number of carbonyl (C=O) groups excluding carboxylic acids is 1. The maximum absolute atomic E-state index is 11.8. The minimum atomic E-state index is -0.344. The number of nitrogens with zero attached hydrogens (tertiary/aromatic N) is 1. The Morgan fingerprint density at radius 2 is 1.78 bits per heavy atom. The largest absolute Gasteiger partial charge is 0.497 e. The first-order chi connectivity index (χ1) is 7.84. The van der Waals surface area contributed by atoms with Crippen LogP contribution in [0.25, 0.3) is 0 Å². The van der Waals surface area contributed by atoms with Gasteiger partial charge in [0.1, 0.15) is 5.75 Å². The van der Waals surface area contributed by atoms with Gasteiger partial charge in [0.15, 0.2) is 0 Å². The van der Waals surface area contributed by atoms with Crippen molar-refractivity contribution in [3.8, 4) is 5.75 Å². The van der Waals surface area contributed by atoms with Crippen molar-refractivity contribution >= 4 is 30.1 Å². The van der Waals surface area contributed by atoms with E-state index in [1.54, 1.807) is 31.4 Å². The highest BCUT2D eigenvalue weighted by molar-refractivity contribution is 6.14. The molecule has 0 aliphatic rings. The standard InChI is InChI=1S/C12H17ClN2O2.ClH/c1-12(2,3)15(13)14-11(16)9-5-7-10(17-4)8-6-9;/h5-8H,1-4H3,(H,14,16);1H. The molecule has 0 aliphatic heterocycles. The van der Waals surface area contributed by atoms with Crippen LogP contribution in [0.3, 0.4) is 0 Å². The van der Waals surface area contributed by atoms with Crippen molar-refractivity contribution in [2.75, 3.05) is 7.11 Å². The summed E-state index contributed by atoms with van der Waals surface area (Å²) in [6.07, 6.45) is 0. The van der Waals surface area contributed by atoms with E-state index in [2.05, 4.69) is 5.43 Å². The molecule has 0 atom stereocenters. The van der Waals surface area contributed by atoms with Crippen LogP contribution in [0.4, 0.5) is 0 Å². The van der Waals surface area contributed by atoms with Crippen LogP contribution in [0.1, 0.15) is 31.1 Å². The van der Waals surface area contributed by atoms with Gasteiger partial charge in [-0.1, -0.05) is 0 Å². The van der Waals surface area contributed by atoms with Crippen LogP contribution in [0.5, 0.6) is 5.75 Å². The van der Waals surface area contributed by atoms with Gasteiger partial charge >= 0.3 is 0 Å². The Bertz CT molecular complexity index is 388. The van der Waals surface area contributed by atoms with Crippen LogP contribution in [0.2, 0.25) is 0 Å². The van der Waals surface area contributed by atoms with Crippen molar-refractivity contribution < 1.29 is 9.53 Å². The molecule has 4 nitrogen and oxygen atoms in total. The number of hydrazine groups is 1. The third-order valence-corrected chi connectivity index (χ3v) is 2.73. The average molecular weight is 293 g/mol. The molecule has 0 aromatic heterocycles. The quantitative estimate of drug-likeness (QED) is 0.688. The molecule has 1 amide bonds. The van der Waals surface area contributed by atoms with E-state index in [0.29, 0.717) is 11.3 Å². The Morgan fingerprint density at radius 1 is 1.28 bits per heavy atom. The fourth-order valence-electron chi connectivity index (χ4n) is 1.06. The van der Waals surface area contributed by atoms with E-state index in [9.17, 15) is 4.79 Å². The van der Waals surface area contributed by atoms with E-state index in [1.165, 1.54) is 4.53 Å². The SMILES string of the molecule is COc1ccc(C(=O)NN(Cl)C(C)(C)C)cc1.Cl. The molecular weight excluding hydrogens is 275 g/mol. The molecule has 1 rings (SSSR count). The van der Waals surface area contributed by atoms with Crippen molar-refractivity contribution in [1.29, 1.82) is 0 Å². The average Bonchev–Trinajstić information content (AvgIpc) is 2.27. The topological polar surface area (TPSA) is 41.6 Å². The normalized spacial score (nSPS) is 10.8. The molecule has 18 heavy (non-hydrogen) atoms. The lowest BCUT2D eigenvalue weighted by Crippen LogP contribution is -2.46. The third kappa shape index (κ3) is 4.72. The number of carbonyl (C=O) groups is 1. The molecule has 1 aromatic rings. The fraction of sp³-hybridized carbons (Fsp3) is 0.417. The molecule has 0 unspecified atom stereocenters. The molecule has 0 radical (unpaired) electrons. The Balaban J connectivity index is 0.00000289. The van der Waals surface area contributed by atoms with Gasteiger partial charge in [-0.15, -0.1) is 16.9 Å². The van der Waals surface area contributed by atoms with Gasteiger partial charge in [-0.25, -0.2) is 0 Å². The van der Waals surface area contributed by atoms with Gasteiger partial charge in [-0.3, -0.25) is 10.2 Å². The maximum atomic E-state index is 11.8. The highest BCUT2D eigenvalue weighted by atomic mass is 35.5. The molecule has 6 heteroatoms. The van der Waals surface area contributed by atoms with Crippen LogP contribution >= 0.6 is 24.2 Å². The van der Waals surface area contributed by atoms with Gasteiger partial charge in [0.25, 0.3) is 5.91 Å². The number of benzene rings is 1. The van der Waals surface area contributed by atoms with Crippen molar-refractivity contribution in [2.45, 2.75) is 26.3 Å². The van der Waals surface area contributed by atoms with Crippen LogP contribution in [0, 0.1) is 0 Å². The summed E-state index contributed by atoms with van der Waals surface area (Å²) in [5.74, 6) is 0.456.